The maximum absolute atomic E-state index is 11.4. The zero-order valence-electron chi connectivity index (χ0n) is 9.45. The lowest BCUT2D eigenvalue weighted by molar-refractivity contribution is -0.142. The minimum Gasteiger partial charge on any atom is -0.496 e. The Labute approximate surface area is 107 Å². The van der Waals surface area contributed by atoms with Gasteiger partial charge in [-0.1, -0.05) is 0 Å². The van der Waals surface area contributed by atoms with E-state index in [9.17, 15) is 9.59 Å². The Morgan fingerprint density at radius 2 is 2.06 bits per heavy atom. The van der Waals surface area contributed by atoms with Crippen molar-refractivity contribution < 1.29 is 19.1 Å². The van der Waals surface area contributed by atoms with E-state index in [0.717, 1.165) is 4.47 Å². The van der Waals surface area contributed by atoms with Crippen molar-refractivity contribution in [3.8, 4) is 5.75 Å². The predicted molar refractivity (Wildman–Crippen MR) is 66.0 cm³/mol. The molecule has 0 radical (unpaired) electrons. The average Bonchev–Trinajstić information content (AvgIpc) is 2.29. The molecule has 0 fully saturated rings. The third-order valence-electron chi connectivity index (χ3n) is 1.97. The van der Waals surface area contributed by atoms with Crippen LogP contribution in [0.2, 0.25) is 0 Å². The molecule has 0 aromatic heterocycles. The molecule has 0 aliphatic rings. The summed E-state index contributed by atoms with van der Waals surface area (Å²) >= 11 is 3.29. The van der Waals surface area contributed by atoms with Crippen LogP contribution in [0.15, 0.2) is 22.7 Å². The number of benzene rings is 1. The van der Waals surface area contributed by atoms with E-state index in [-0.39, 0.29) is 6.42 Å². The zero-order valence-corrected chi connectivity index (χ0v) is 11.0. The molecule has 0 saturated carbocycles. The molecule has 1 aromatic carbocycles. The molecule has 0 aliphatic heterocycles. The largest absolute Gasteiger partial charge is 0.496 e. The van der Waals surface area contributed by atoms with Gasteiger partial charge < -0.3 is 14.8 Å². The van der Waals surface area contributed by atoms with Gasteiger partial charge in [-0.3, -0.25) is 9.59 Å². The molecule has 1 aromatic rings. The summed E-state index contributed by atoms with van der Waals surface area (Å²) in [6.07, 6.45) is -0.305. The van der Waals surface area contributed by atoms with Gasteiger partial charge in [0.05, 0.1) is 18.7 Å². The minimum absolute atomic E-state index is 0.305. The summed E-state index contributed by atoms with van der Waals surface area (Å²) < 4.78 is 10.2. The summed E-state index contributed by atoms with van der Waals surface area (Å²) in [5.41, 5.74) is 0.576. The number of anilines is 1. The minimum atomic E-state index is -0.574. The summed E-state index contributed by atoms with van der Waals surface area (Å²) in [6, 6.07) is 5.07. The van der Waals surface area contributed by atoms with Gasteiger partial charge >= 0.3 is 5.97 Å². The Bertz CT molecular complexity index is 433. The van der Waals surface area contributed by atoms with Gasteiger partial charge in [0.1, 0.15) is 12.2 Å². The fraction of sp³-hybridized carbons (Fsp3) is 0.273. The molecular weight excluding hydrogens is 290 g/mol. The molecular formula is C11H12BrNO4. The molecule has 92 valence electrons. The molecule has 0 atom stereocenters. The smallest absolute Gasteiger partial charge is 0.315 e. The van der Waals surface area contributed by atoms with Gasteiger partial charge in [-0.05, 0) is 34.1 Å². The van der Waals surface area contributed by atoms with E-state index in [0.29, 0.717) is 11.4 Å². The number of methoxy groups -OCH3 is 2. The molecule has 0 aliphatic carbocycles. The van der Waals surface area contributed by atoms with Crippen molar-refractivity contribution in [2.24, 2.45) is 0 Å². The maximum atomic E-state index is 11.4. The number of rotatable bonds is 4. The summed E-state index contributed by atoms with van der Waals surface area (Å²) in [6.45, 7) is 0. The Hall–Kier alpha value is -1.56. The fourth-order valence-corrected chi connectivity index (χ4v) is 1.69. The fourth-order valence-electron chi connectivity index (χ4n) is 1.15. The summed E-state index contributed by atoms with van der Waals surface area (Å²) in [5.74, 6) is -0.333. The van der Waals surface area contributed by atoms with E-state index in [1.807, 2.05) is 0 Å². The van der Waals surface area contributed by atoms with Crippen LogP contribution in [0.4, 0.5) is 5.69 Å². The van der Waals surface area contributed by atoms with E-state index in [4.69, 9.17) is 4.74 Å². The van der Waals surface area contributed by atoms with Gasteiger partial charge in [0, 0.05) is 5.69 Å². The standard InChI is InChI=1S/C11H12BrNO4/c1-16-9-4-3-7(5-8(9)12)13-10(14)6-11(15)17-2/h3-5H,6H2,1-2H3,(H,13,14). The van der Waals surface area contributed by atoms with E-state index in [2.05, 4.69) is 26.0 Å². The van der Waals surface area contributed by atoms with Gasteiger partial charge in [-0.2, -0.15) is 0 Å². The number of carbonyl (C=O) groups excluding carboxylic acids is 2. The van der Waals surface area contributed by atoms with E-state index >= 15 is 0 Å². The van der Waals surface area contributed by atoms with Crippen LogP contribution in [0, 0.1) is 0 Å². The number of hydrogen-bond acceptors (Lipinski definition) is 4. The van der Waals surface area contributed by atoms with Gasteiger partial charge in [-0.15, -0.1) is 0 Å². The number of carbonyl (C=O) groups is 2. The molecule has 1 N–H and O–H groups in total. The molecule has 6 heteroatoms. The molecule has 0 saturated heterocycles. The number of nitrogens with one attached hydrogen (secondary N) is 1. The topological polar surface area (TPSA) is 64.6 Å². The van der Waals surface area contributed by atoms with Crippen molar-refractivity contribution in [2.45, 2.75) is 6.42 Å². The molecule has 5 nitrogen and oxygen atoms in total. The Kier molecular flexibility index (Phi) is 4.96. The number of amides is 1. The predicted octanol–water partition coefficient (Wildman–Crippen LogP) is 1.96. The van der Waals surface area contributed by atoms with Crippen LogP contribution < -0.4 is 10.1 Å². The number of halogens is 1. The number of hydrogen-bond donors (Lipinski definition) is 1. The molecule has 1 rings (SSSR count). The first-order valence-electron chi connectivity index (χ1n) is 4.77. The Balaban J connectivity index is 2.66. The van der Waals surface area contributed by atoms with Crippen molar-refractivity contribution >= 4 is 33.5 Å². The average molecular weight is 302 g/mol. The first kappa shape index (κ1) is 13.5. The second-order valence-electron chi connectivity index (χ2n) is 3.15. The van der Waals surface area contributed by atoms with Crippen molar-refractivity contribution in [3.05, 3.63) is 22.7 Å². The highest BCUT2D eigenvalue weighted by Crippen LogP contribution is 2.27. The van der Waals surface area contributed by atoms with Crippen molar-refractivity contribution in [1.82, 2.24) is 0 Å². The summed E-state index contributed by atoms with van der Waals surface area (Å²) in [5, 5.41) is 2.57. The van der Waals surface area contributed by atoms with Crippen LogP contribution in [0.25, 0.3) is 0 Å². The second-order valence-corrected chi connectivity index (χ2v) is 4.00. The first-order valence-corrected chi connectivity index (χ1v) is 5.56. The van der Waals surface area contributed by atoms with Gasteiger partial charge in [-0.25, -0.2) is 0 Å². The summed E-state index contributed by atoms with van der Waals surface area (Å²) in [4.78, 5) is 22.3. The third-order valence-corrected chi connectivity index (χ3v) is 2.59. The zero-order chi connectivity index (χ0) is 12.8. The molecule has 0 spiro atoms. The normalized spacial score (nSPS) is 9.59. The van der Waals surface area contributed by atoms with Crippen molar-refractivity contribution in [1.29, 1.82) is 0 Å². The number of ether oxygens (including phenoxy) is 2. The van der Waals surface area contributed by atoms with Crippen LogP contribution in [-0.2, 0) is 14.3 Å². The van der Waals surface area contributed by atoms with Crippen LogP contribution in [0.1, 0.15) is 6.42 Å². The molecule has 0 heterocycles. The maximum Gasteiger partial charge on any atom is 0.315 e. The van der Waals surface area contributed by atoms with Crippen LogP contribution in [0.3, 0.4) is 0 Å². The summed E-state index contributed by atoms with van der Waals surface area (Å²) in [7, 11) is 2.79. The molecule has 1 amide bonds. The highest BCUT2D eigenvalue weighted by Gasteiger charge is 2.10. The van der Waals surface area contributed by atoms with E-state index in [1.54, 1.807) is 25.3 Å². The Morgan fingerprint density at radius 3 is 2.59 bits per heavy atom. The van der Waals surface area contributed by atoms with Gasteiger partial charge in [0.15, 0.2) is 0 Å². The van der Waals surface area contributed by atoms with Crippen LogP contribution in [0.5, 0.6) is 5.75 Å². The highest BCUT2D eigenvalue weighted by molar-refractivity contribution is 9.10. The highest BCUT2D eigenvalue weighted by atomic mass is 79.9. The van der Waals surface area contributed by atoms with Gasteiger partial charge in [0.25, 0.3) is 0 Å². The van der Waals surface area contributed by atoms with Gasteiger partial charge in [0.2, 0.25) is 5.91 Å². The first-order chi connectivity index (χ1) is 8.06. The van der Waals surface area contributed by atoms with Crippen molar-refractivity contribution in [3.63, 3.8) is 0 Å². The molecule has 17 heavy (non-hydrogen) atoms. The Morgan fingerprint density at radius 1 is 1.35 bits per heavy atom. The number of esters is 1. The molecule has 0 unspecified atom stereocenters. The lowest BCUT2D eigenvalue weighted by atomic mass is 10.3. The quantitative estimate of drug-likeness (QED) is 0.682. The third kappa shape index (κ3) is 4.07. The second kappa shape index (κ2) is 6.24. The lowest BCUT2D eigenvalue weighted by Crippen LogP contribution is -2.17. The van der Waals surface area contributed by atoms with E-state index < -0.39 is 11.9 Å². The monoisotopic (exact) mass is 301 g/mol. The van der Waals surface area contributed by atoms with E-state index in [1.165, 1.54) is 7.11 Å². The molecule has 0 bridgehead atoms. The van der Waals surface area contributed by atoms with Crippen LogP contribution >= 0.6 is 15.9 Å². The SMILES string of the molecule is COC(=O)CC(=O)Nc1ccc(OC)c(Br)c1. The van der Waals surface area contributed by atoms with Crippen LogP contribution in [-0.4, -0.2) is 26.1 Å². The lowest BCUT2D eigenvalue weighted by Gasteiger charge is -2.07. The van der Waals surface area contributed by atoms with Crippen molar-refractivity contribution in [2.75, 3.05) is 19.5 Å².